The largest absolute Gasteiger partial charge is 0.395 e. The van der Waals surface area contributed by atoms with Gasteiger partial charge in [-0.2, -0.15) is 0 Å². The Morgan fingerprint density at radius 2 is 1.48 bits per heavy atom. The zero-order valence-electron chi connectivity index (χ0n) is 13.9. The van der Waals surface area contributed by atoms with E-state index in [-0.39, 0.29) is 30.7 Å². The lowest BCUT2D eigenvalue weighted by Crippen LogP contribution is -2.46. The second-order valence-corrected chi connectivity index (χ2v) is 8.55. The summed E-state index contributed by atoms with van der Waals surface area (Å²) >= 11 is 0. The van der Waals surface area contributed by atoms with Gasteiger partial charge in [0, 0.05) is 6.54 Å². The van der Waals surface area contributed by atoms with Gasteiger partial charge in [-0.1, -0.05) is 60.7 Å². The van der Waals surface area contributed by atoms with Crippen LogP contribution in [0.2, 0.25) is 0 Å². The molecule has 134 valence electrons. The highest BCUT2D eigenvalue weighted by atomic mass is 32.2. The van der Waals surface area contributed by atoms with Gasteiger partial charge in [-0.05, 0) is 11.1 Å². The van der Waals surface area contributed by atoms with E-state index in [0.29, 0.717) is 0 Å². The van der Waals surface area contributed by atoms with Gasteiger partial charge in [-0.15, -0.1) is 0 Å². The molecular formula is C19H23NO4S. The van der Waals surface area contributed by atoms with E-state index in [2.05, 4.69) is 0 Å². The van der Waals surface area contributed by atoms with Gasteiger partial charge in [0.05, 0.1) is 36.3 Å². The third-order valence-electron chi connectivity index (χ3n) is 4.64. The molecule has 1 heterocycles. The fourth-order valence-corrected chi connectivity index (χ4v) is 5.39. The van der Waals surface area contributed by atoms with Gasteiger partial charge in [0.2, 0.25) is 0 Å². The van der Waals surface area contributed by atoms with E-state index in [1.54, 1.807) is 0 Å². The molecule has 5 nitrogen and oxygen atoms in total. The molecule has 0 bridgehead atoms. The van der Waals surface area contributed by atoms with E-state index in [1.165, 1.54) is 0 Å². The highest BCUT2D eigenvalue weighted by Gasteiger charge is 2.42. The second-order valence-electron chi connectivity index (χ2n) is 6.40. The molecule has 2 atom stereocenters. The summed E-state index contributed by atoms with van der Waals surface area (Å²) in [5, 5.41) is 19.9. The lowest BCUT2D eigenvalue weighted by Gasteiger charge is -2.37. The summed E-state index contributed by atoms with van der Waals surface area (Å²) in [6.45, 7) is 0.172. The van der Waals surface area contributed by atoms with Crippen LogP contribution in [0, 0.1) is 0 Å². The van der Waals surface area contributed by atoms with E-state index in [0.717, 1.165) is 11.1 Å². The van der Waals surface area contributed by atoms with Crippen LogP contribution in [0.3, 0.4) is 0 Å². The lowest BCUT2D eigenvalue weighted by atomic mass is 9.95. The summed E-state index contributed by atoms with van der Waals surface area (Å²) in [4.78, 5) is 1.92. The molecule has 0 amide bonds. The normalized spacial score (nSPS) is 22.6. The van der Waals surface area contributed by atoms with E-state index >= 15 is 0 Å². The summed E-state index contributed by atoms with van der Waals surface area (Å²) < 4.78 is 24.0. The van der Waals surface area contributed by atoms with E-state index < -0.39 is 22.0 Å². The topological polar surface area (TPSA) is 77.8 Å². The molecule has 1 fully saturated rings. The monoisotopic (exact) mass is 361 g/mol. The quantitative estimate of drug-likeness (QED) is 0.809. The Kier molecular flexibility index (Phi) is 5.54. The molecule has 0 radical (unpaired) electrons. The average Bonchev–Trinajstić information content (AvgIpc) is 2.89. The van der Waals surface area contributed by atoms with Crippen molar-refractivity contribution in [1.82, 2.24) is 4.90 Å². The van der Waals surface area contributed by atoms with Crippen LogP contribution in [0.25, 0.3) is 0 Å². The summed E-state index contributed by atoms with van der Waals surface area (Å²) in [5.74, 6) is -0.319. The third kappa shape index (κ3) is 4.10. The van der Waals surface area contributed by atoms with Crippen molar-refractivity contribution >= 4 is 9.84 Å². The Bertz CT molecular complexity index is 740. The minimum Gasteiger partial charge on any atom is -0.395 e. The zero-order chi connectivity index (χ0) is 17.9. The van der Waals surface area contributed by atoms with Gasteiger partial charge in [-0.25, -0.2) is 8.42 Å². The predicted molar refractivity (Wildman–Crippen MR) is 97.0 cm³/mol. The maximum absolute atomic E-state index is 12.0. The minimum atomic E-state index is -3.28. The van der Waals surface area contributed by atoms with Gasteiger partial charge >= 0.3 is 0 Å². The molecule has 0 spiro atoms. The van der Waals surface area contributed by atoms with Crippen LogP contribution in [0.4, 0.5) is 0 Å². The SMILES string of the molecule is O=S1(=O)C[C@H](O)[C@@H](N(CCO)C(c2ccccc2)c2ccccc2)C1. The van der Waals surface area contributed by atoms with Gasteiger partial charge in [-0.3, -0.25) is 4.90 Å². The molecule has 0 aromatic heterocycles. The molecule has 6 heteroatoms. The number of hydrogen-bond donors (Lipinski definition) is 2. The highest BCUT2D eigenvalue weighted by molar-refractivity contribution is 7.91. The second kappa shape index (κ2) is 7.66. The molecule has 0 aliphatic carbocycles. The average molecular weight is 361 g/mol. The van der Waals surface area contributed by atoms with Crippen molar-refractivity contribution in [2.75, 3.05) is 24.7 Å². The lowest BCUT2D eigenvalue weighted by molar-refractivity contribution is 0.0513. The summed E-state index contributed by atoms with van der Waals surface area (Å²) in [6, 6.07) is 18.8. The molecule has 2 N–H and O–H groups in total. The van der Waals surface area contributed by atoms with E-state index in [4.69, 9.17) is 0 Å². The first-order chi connectivity index (χ1) is 12.0. The van der Waals surface area contributed by atoms with Crippen LogP contribution in [0.1, 0.15) is 17.2 Å². The summed E-state index contributed by atoms with van der Waals surface area (Å²) in [5.41, 5.74) is 2.00. The Morgan fingerprint density at radius 3 is 1.88 bits per heavy atom. The van der Waals surface area contributed by atoms with Crippen LogP contribution in [0.5, 0.6) is 0 Å². The van der Waals surface area contributed by atoms with Gasteiger partial charge in [0.15, 0.2) is 9.84 Å². The van der Waals surface area contributed by atoms with E-state index in [1.807, 2.05) is 65.6 Å². The van der Waals surface area contributed by atoms with Crippen molar-refractivity contribution in [2.24, 2.45) is 0 Å². The Balaban J connectivity index is 2.05. The highest BCUT2D eigenvalue weighted by Crippen LogP contribution is 2.33. The summed E-state index contributed by atoms with van der Waals surface area (Å²) in [7, 11) is -3.28. The molecular weight excluding hydrogens is 338 g/mol. The Morgan fingerprint density at radius 1 is 0.960 bits per heavy atom. The number of aliphatic hydroxyl groups is 2. The van der Waals surface area contributed by atoms with Crippen LogP contribution in [-0.2, 0) is 9.84 Å². The number of nitrogens with zero attached hydrogens (tertiary/aromatic N) is 1. The first-order valence-corrected chi connectivity index (χ1v) is 10.2. The van der Waals surface area contributed by atoms with Crippen LogP contribution < -0.4 is 0 Å². The molecule has 25 heavy (non-hydrogen) atoms. The van der Waals surface area contributed by atoms with Crippen molar-refractivity contribution in [3.05, 3.63) is 71.8 Å². The standard InChI is InChI=1S/C19H23NO4S/c21-12-11-20(17-13-25(23,24)14-18(17)22)19(15-7-3-1-4-8-15)16-9-5-2-6-10-16/h1-10,17-19,21-22H,11-14H2/t17-,18-/m0/s1. The van der Waals surface area contributed by atoms with Gasteiger partial charge in [0.25, 0.3) is 0 Å². The minimum absolute atomic E-state index is 0.0929. The molecule has 0 unspecified atom stereocenters. The first kappa shape index (κ1) is 18.1. The third-order valence-corrected chi connectivity index (χ3v) is 6.34. The number of benzene rings is 2. The van der Waals surface area contributed by atoms with E-state index in [9.17, 15) is 18.6 Å². The maximum Gasteiger partial charge on any atom is 0.154 e. The maximum atomic E-state index is 12.0. The Hall–Kier alpha value is -1.73. The number of aliphatic hydroxyl groups excluding tert-OH is 2. The van der Waals surface area contributed by atoms with Gasteiger partial charge in [0.1, 0.15) is 0 Å². The molecule has 1 aliphatic rings. The van der Waals surface area contributed by atoms with Crippen LogP contribution >= 0.6 is 0 Å². The molecule has 2 aromatic rings. The van der Waals surface area contributed by atoms with Crippen molar-refractivity contribution in [3.8, 4) is 0 Å². The number of hydrogen-bond acceptors (Lipinski definition) is 5. The van der Waals surface area contributed by atoms with Crippen LogP contribution in [0.15, 0.2) is 60.7 Å². The fourth-order valence-electron chi connectivity index (χ4n) is 3.58. The zero-order valence-corrected chi connectivity index (χ0v) is 14.7. The molecule has 3 rings (SSSR count). The number of rotatable bonds is 6. The molecule has 1 aliphatic heterocycles. The van der Waals surface area contributed by atoms with Crippen LogP contribution in [-0.4, -0.2) is 60.3 Å². The summed E-state index contributed by atoms with van der Waals surface area (Å²) in [6.07, 6.45) is -0.952. The molecule has 1 saturated heterocycles. The molecule has 2 aromatic carbocycles. The first-order valence-electron chi connectivity index (χ1n) is 8.37. The van der Waals surface area contributed by atoms with Crippen molar-refractivity contribution in [2.45, 2.75) is 18.2 Å². The number of sulfone groups is 1. The predicted octanol–water partition coefficient (Wildman–Crippen LogP) is 1.23. The van der Waals surface area contributed by atoms with Crippen molar-refractivity contribution in [1.29, 1.82) is 0 Å². The fraction of sp³-hybridized carbons (Fsp3) is 0.368. The van der Waals surface area contributed by atoms with Crippen molar-refractivity contribution in [3.63, 3.8) is 0 Å². The Labute approximate surface area is 148 Å². The van der Waals surface area contributed by atoms with Gasteiger partial charge < -0.3 is 10.2 Å². The smallest absolute Gasteiger partial charge is 0.154 e. The van der Waals surface area contributed by atoms with Crippen molar-refractivity contribution < 1.29 is 18.6 Å². The molecule has 0 saturated carbocycles.